The van der Waals surface area contributed by atoms with Gasteiger partial charge in [0.05, 0.1) is 13.2 Å². The molecule has 10 heteroatoms. The third kappa shape index (κ3) is 7.99. The van der Waals surface area contributed by atoms with Crippen LogP contribution in [0.25, 0.3) is 0 Å². The Hall–Kier alpha value is -1.81. The van der Waals surface area contributed by atoms with Crippen molar-refractivity contribution in [3.63, 3.8) is 0 Å². The van der Waals surface area contributed by atoms with Crippen molar-refractivity contribution in [1.29, 1.82) is 0 Å². The highest BCUT2D eigenvalue weighted by Crippen LogP contribution is 2.24. The van der Waals surface area contributed by atoms with Crippen LogP contribution in [0, 0.1) is 11.8 Å². The van der Waals surface area contributed by atoms with Gasteiger partial charge in [0.2, 0.25) is 11.8 Å². The third-order valence-corrected chi connectivity index (χ3v) is 5.74. The zero-order valence-electron chi connectivity index (χ0n) is 19.3. The molecule has 1 heterocycles. The first-order valence-electron chi connectivity index (χ1n) is 10.7. The second kappa shape index (κ2) is 12.9. The van der Waals surface area contributed by atoms with Gasteiger partial charge in [-0.15, -0.1) is 0 Å². The predicted octanol–water partition coefficient (Wildman–Crippen LogP) is 1.18. The predicted molar refractivity (Wildman–Crippen MR) is 120 cm³/mol. The van der Waals surface area contributed by atoms with Crippen LogP contribution in [0.1, 0.15) is 47.5 Å². The number of likely N-dealkylation sites (tertiary alicyclic amines) is 1. The lowest BCUT2D eigenvalue weighted by Gasteiger charge is -2.30. The van der Waals surface area contributed by atoms with Crippen molar-refractivity contribution in [1.82, 2.24) is 15.5 Å². The average Bonchev–Trinajstić information content (AvgIpc) is 2.97. The van der Waals surface area contributed by atoms with Gasteiger partial charge in [0.1, 0.15) is 18.1 Å². The molecule has 0 spiro atoms. The van der Waals surface area contributed by atoms with E-state index in [1.165, 1.54) is 16.7 Å². The number of rotatable bonds is 12. The van der Waals surface area contributed by atoms with Gasteiger partial charge in [-0.2, -0.15) is 11.8 Å². The molecular weight excluding hydrogens is 422 g/mol. The average molecular weight is 460 g/mol. The summed E-state index contributed by atoms with van der Waals surface area (Å²) in [6, 6.07) is -2.90. The minimum atomic E-state index is -0.930. The fourth-order valence-electron chi connectivity index (χ4n) is 3.44. The first kappa shape index (κ1) is 27.2. The molecule has 0 aromatic heterocycles. The summed E-state index contributed by atoms with van der Waals surface area (Å²) in [6.07, 6.45) is 1.92. The Morgan fingerprint density at radius 2 is 1.90 bits per heavy atom. The molecule has 0 bridgehead atoms. The summed E-state index contributed by atoms with van der Waals surface area (Å²) >= 11 is 1.54. The maximum absolute atomic E-state index is 12.9. The highest BCUT2D eigenvalue weighted by Gasteiger charge is 2.44. The number of carbonyl (C=O) groups is 4. The van der Waals surface area contributed by atoms with Crippen molar-refractivity contribution in [3.05, 3.63) is 0 Å². The highest BCUT2D eigenvalue weighted by atomic mass is 32.2. The molecule has 4 atom stereocenters. The Bertz CT molecular complexity index is 643. The van der Waals surface area contributed by atoms with E-state index in [-0.39, 0.29) is 30.3 Å². The van der Waals surface area contributed by atoms with E-state index >= 15 is 0 Å². The van der Waals surface area contributed by atoms with Crippen LogP contribution >= 0.6 is 11.8 Å². The Balaban J connectivity index is 2.84. The molecule has 0 aliphatic carbocycles. The molecule has 0 radical (unpaired) electrons. The standard InChI is InChI=1S/C21H37N3O6S/c1-12(2)11-30-21(29)23-15(7-8-31-6)19(27)22-16-9-14(5)24(20(16)28)17(10-25)18(26)13(3)4/h12-17,25H,7-11H2,1-6H3,(H,22,27)(H,23,29). The summed E-state index contributed by atoms with van der Waals surface area (Å²) in [7, 11) is 0. The van der Waals surface area contributed by atoms with Gasteiger partial charge in [-0.05, 0) is 37.7 Å². The minimum absolute atomic E-state index is 0.167. The molecule has 1 aliphatic heterocycles. The normalized spacial score (nSPS) is 20.7. The molecule has 0 aromatic rings. The molecular formula is C21H37N3O6S. The van der Waals surface area contributed by atoms with Crippen LogP contribution in [0.3, 0.4) is 0 Å². The largest absolute Gasteiger partial charge is 0.449 e. The quantitative estimate of drug-likeness (QED) is 0.400. The second-order valence-electron chi connectivity index (χ2n) is 8.62. The van der Waals surface area contributed by atoms with Gasteiger partial charge in [0.25, 0.3) is 0 Å². The van der Waals surface area contributed by atoms with Crippen LogP contribution in [0.2, 0.25) is 0 Å². The molecule has 178 valence electrons. The SMILES string of the molecule is CSCCC(NC(=O)OCC(C)C)C(=O)NC1CC(C)N(C(CO)C(=O)C(C)C)C1=O. The number of ether oxygens (including phenoxy) is 1. The fraction of sp³-hybridized carbons (Fsp3) is 0.810. The van der Waals surface area contributed by atoms with E-state index in [9.17, 15) is 24.3 Å². The number of thioether (sulfide) groups is 1. The monoisotopic (exact) mass is 459 g/mol. The van der Waals surface area contributed by atoms with Gasteiger partial charge < -0.3 is 25.4 Å². The Labute approximate surface area is 189 Å². The first-order valence-corrected chi connectivity index (χ1v) is 12.1. The summed E-state index contributed by atoms with van der Waals surface area (Å²) < 4.78 is 5.11. The lowest BCUT2D eigenvalue weighted by atomic mass is 10.0. The molecule has 3 amide bonds. The Morgan fingerprint density at radius 1 is 1.26 bits per heavy atom. The molecule has 0 saturated carbocycles. The number of amides is 3. The summed E-state index contributed by atoms with van der Waals surface area (Å²) in [5, 5.41) is 15.0. The molecule has 1 rings (SSSR count). The van der Waals surface area contributed by atoms with Crippen molar-refractivity contribution in [3.8, 4) is 0 Å². The molecule has 3 N–H and O–H groups in total. The molecule has 31 heavy (non-hydrogen) atoms. The Morgan fingerprint density at radius 3 is 2.42 bits per heavy atom. The number of Topliss-reactive ketones (excluding diaryl/α,β-unsaturated/α-hetero) is 1. The van der Waals surface area contributed by atoms with E-state index in [0.717, 1.165) is 0 Å². The van der Waals surface area contributed by atoms with Crippen LogP contribution in [-0.4, -0.2) is 83.1 Å². The molecule has 1 aliphatic rings. The van der Waals surface area contributed by atoms with E-state index in [4.69, 9.17) is 4.74 Å². The third-order valence-electron chi connectivity index (χ3n) is 5.09. The van der Waals surface area contributed by atoms with Gasteiger partial charge in [0, 0.05) is 12.0 Å². The number of hydrogen-bond donors (Lipinski definition) is 3. The number of nitrogens with zero attached hydrogens (tertiary/aromatic N) is 1. The van der Waals surface area contributed by atoms with Crippen LogP contribution in [0.4, 0.5) is 4.79 Å². The van der Waals surface area contributed by atoms with Gasteiger partial charge >= 0.3 is 6.09 Å². The van der Waals surface area contributed by atoms with Crippen LogP contribution in [0.5, 0.6) is 0 Å². The van der Waals surface area contributed by atoms with E-state index in [1.807, 2.05) is 20.1 Å². The smallest absolute Gasteiger partial charge is 0.407 e. The number of ketones is 1. The van der Waals surface area contributed by atoms with Crippen LogP contribution in [0.15, 0.2) is 0 Å². The lowest BCUT2D eigenvalue weighted by molar-refractivity contribution is -0.142. The minimum Gasteiger partial charge on any atom is -0.449 e. The number of carbonyl (C=O) groups excluding carboxylic acids is 4. The van der Waals surface area contributed by atoms with Crippen molar-refractivity contribution >= 4 is 35.5 Å². The Kier molecular flexibility index (Phi) is 11.3. The number of hydrogen-bond acceptors (Lipinski definition) is 7. The summed E-state index contributed by atoms with van der Waals surface area (Å²) in [5.41, 5.74) is 0. The van der Waals surface area contributed by atoms with E-state index < -0.39 is 42.6 Å². The zero-order valence-corrected chi connectivity index (χ0v) is 20.2. The summed E-state index contributed by atoms with van der Waals surface area (Å²) in [5.74, 6) is -0.622. The van der Waals surface area contributed by atoms with Gasteiger partial charge in [-0.25, -0.2) is 4.79 Å². The van der Waals surface area contributed by atoms with Crippen molar-refractivity contribution < 1.29 is 29.0 Å². The molecule has 1 fully saturated rings. The van der Waals surface area contributed by atoms with Gasteiger partial charge in [-0.3, -0.25) is 14.4 Å². The van der Waals surface area contributed by atoms with Crippen molar-refractivity contribution in [2.75, 3.05) is 25.2 Å². The van der Waals surface area contributed by atoms with E-state index in [1.54, 1.807) is 20.8 Å². The van der Waals surface area contributed by atoms with E-state index in [0.29, 0.717) is 18.6 Å². The molecule has 1 saturated heterocycles. The maximum Gasteiger partial charge on any atom is 0.407 e. The second-order valence-corrected chi connectivity index (χ2v) is 9.60. The van der Waals surface area contributed by atoms with Crippen LogP contribution in [-0.2, 0) is 19.1 Å². The van der Waals surface area contributed by atoms with E-state index in [2.05, 4.69) is 10.6 Å². The number of alkyl carbamates (subject to hydrolysis) is 1. The van der Waals surface area contributed by atoms with Crippen molar-refractivity contribution in [2.45, 2.75) is 71.6 Å². The zero-order chi connectivity index (χ0) is 23.7. The number of aliphatic hydroxyl groups is 1. The first-order chi connectivity index (χ1) is 14.5. The summed E-state index contributed by atoms with van der Waals surface area (Å²) in [6.45, 7) is 8.82. The highest BCUT2D eigenvalue weighted by molar-refractivity contribution is 7.98. The molecule has 9 nitrogen and oxygen atoms in total. The summed E-state index contributed by atoms with van der Waals surface area (Å²) in [4.78, 5) is 51.6. The fourth-order valence-corrected chi connectivity index (χ4v) is 3.91. The van der Waals surface area contributed by atoms with Gasteiger partial charge in [0.15, 0.2) is 5.78 Å². The number of aliphatic hydroxyl groups excluding tert-OH is 1. The van der Waals surface area contributed by atoms with Crippen molar-refractivity contribution in [2.24, 2.45) is 11.8 Å². The molecule has 0 aromatic carbocycles. The number of nitrogens with one attached hydrogen (secondary N) is 2. The topological polar surface area (TPSA) is 125 Å². The van der Waals surface area contributed by atoms with Gasteiger partial charge in [-0.1, -0.05) is 27.7 Å². The lowest BCUT2D eigenvalue weighted by Crippen LogP contribution is -2.54. The van der Waals surface area contributed by atoms with Crippen LogP contribution < -0.4 is 10.6 Å². The maximum atomic E-state index is 12.9. The molecule has 4 unspecified atom stereocenters.